The fourth-order valence-corrected chi connectivity index (χ4v) is 3.16. The molecule has 29 heavy (non-hydrogen) atoms. The van der Waals surface area contributed by atoms with Gasteiger partial charge in [0.25, 0.3) is 0 Å². The molecule has 0 aliphatic heterocycles. The first kappa shape index (κ1) is 20.2. The number of fused-ring (bicyclic) bond motifs is 1. The lowest BCUT2D eigenvalue weighted by Gasteiger charge is -2.23. The molecule has 0 bridgehead atoms. The van der Waals surface area contributed by atoms with E-state index in [-0.39, 0.29) is 24.9 Å². The van der Waals surface area contributed by atoms with Crippen molar-refractivity contribution < 1.29 is 9.59 Å². The van der Waals surface area contributed by atoms with Crippen LogP contribution < -0.4 is 21.7 Å². The number of nitrogens with one attached hydrogen (secondary N) is 3. The Morgan fingerprint density at radius 1 is 1.07 bits per heavy atom. The predicted octanol–water partition coefficient (Wildman–Crippen LogP) is 2.33. The van der Waals surface area contributed by atoms with Crippen LogP contribution in [0.15, 0.2) is 55.1 Å². The first-order valence-electron chi connectivity index (χ1n) is 9.44. The molecular formula is C21H24N6O2. The molecule has 3 rings (SSSR count). The number of hydrogen-bond donors (Lipinski definition) is 4. The maximum Gasteiger partial charge on any atom is 0.319 e. The molecule has 0 fully saturated rings. The van der Waals surface area contributed by atoms with Gasteiger partial charge in [-0.05, 0) is 30.0 Å². The fourth-order valence-electron chi connectivity index (χ4n) is 3.16. The third-order valence-electron chi connectivity index (χ3n) is 4.46. The molecule has 0 radical (unpaired) electrons. The number of hydrogen-bond acceptors (Lipinski definition) is 5. The Kier molecular flexibility index (Phi) is 6.70. The number of benzene rings is 1. The Hall–Kier alpha value is -3.52. The molecule has 8 nitrogen and oxygen atoms in total. The summed E-state index contributed by atoms with van der Waals surface area (Å²) in [6.07, 6.45) is 6.89. The van der Waals surface area contributed by atoms with E-state index in [1.54, 1.807) is 30.9 Å². The third-order valence-corrected chi connectivity index (χ3v) is 4.46. The summed E-state index contributed by atoms with van der Waals surface area (Å²) in [5.41, 5.74) is 7.65. The van der Waals surface area contributed by atoms with Gasteiger partial charge in [0.15, 0.2) is 0 Å². The van der Waals surface area contributed by atoms with Gasteiger partial charge in [0.05, 0.1) is 17.9 Å². The van der Waals surface area contributed by atoms with Crippen LogP contribution in [-0.2, 0) is 4.79 Å². The average molecular weight is 392 g/mol. The van der Waals surface area contributed by atoms with E-state index in [4.69, 9.17) is 5.73 Å². The first-order valence-corrected chi connectivity index (χ1v) is 9.44. The molecule has 0 aliphatic rings. The minimum atomic E-state index is -0.512. The number of rotatable bonds is 7. The number of carbonyl (C=O) groups is 2. The van der Waals surface area contributed by atoms with Gasteiger partial charge < -0.3 is 21.7 Å². The van der Waals surface area contributed by atoms with Gasteiger partial charge in [0.2, 0.25) is 5.91 Å². The highest BCUT2D eigenvalue weighted by Gasteiger charge is 2.22. The van der Waals surface area contributed by atoms with Crippen LogP contribution in [0.4, 0.5) is 10.5 Å². The van der Waals surface area contributed by atoms with Crippen LogP contribution in [0.5, 0.6) is 0 Å². The van der Waals surface area contributed by atoms with Crippen LogP contribution in [0.1, 0.15) is 30.5 Å². The summed E-state index contributed by atoms with van der Waals surface area (Å²) < 4.78 is 0. The van der Waals surface area contributed by atoms with E-state index >= 15 is 0 Å². The third kappa shape index (κ3) is 4.85. The second kappa shape index (κ2) is 9.61. The number of aromatic nitrogens is 2. The number of nitrogens with zero attached hydrogens (tertiary/aromatic N) is 2. The van der Waals surface area contributed by atoms with E-state index in [2.05, 4.69) is 25.9 Å². The molecule has 1 unspecified atom stereocenters. The van der Waals surface area contributed by atoms with Gasteiger partial charge in [-0.15, -0.1) is 0 Å². The first-order chi connectivity index (χ1) is 14.1. The quantitative estimate of drug-likeness (QED) is 0.492. The number of amides is 3. The zero-order chi connectivity index (χ0) is 20.6. The molecule has 0 spiro atoms. The van der Waals surface area contributed by atoms with Gasteiger partial charge in [0.1, 0.15) is 0 Å². The Morgan fingerprint density at radius 3 is 2.66 bits per heavy atom. The molecule has 3 amide bonds. The Morgan fingerprint density at radius 2 is 1.86 bits per heavy atom. The second-order valence-electron chi connectivity index (χ2n) is 6.43. The number of urea groups is 1. The number of carbonyl (C=O) groups excluding carboxylic acids is 2. The van der Waals surface area contributed by atoms with Crippen LogP contribution in [0.3, 0.4) is 0 Å². The SMILES string of the molecule is CCNC(=O)Nc1cnccc1C(NC(=O)CCN)c1cccc2ccncc12. The van der Waals surface area contributed by atoms with Crippen LogP contribution in [-0.4, -0.2) is 35.0 Å². The smallest absolute Gasteiger partial charge is 0.319 e. The van der Waals surface area contributed by atoms with Crippen LogP contribution in [0, 0.1) is 0 Å². The largest absolute Gasteiger partial charge is 0.345 e. The lowest BCUT2D eigenvalue weighted by Crippen LogP contribution is -2.33. The Balaban J connectivity index is 2.10. The molecule has 1 aromatic carbocycles. The summed E-state index contributed by atoms with van der Waals surface area (Å²) in [7, 11) is 0. The van der Waals surface area contributed by atoms with Crippen molar-refractivity contribution >= 4 is 28.4 Å². The van der Waals surface area contributed by atoms with Crippen molar-refractivity contribution in [2.75, 3.05) is 18.4 Å². The van der Waals surface area contributed by atoms with Crippen molar-refractivity contribution in [1.29, 1.82) is 0 Å². The lowest BCUT2D eigenvalue weighted by atomic mass is 9.94. The second-order valence-corrected chi connectivity index (χ2v) is 6.43. The highest BCUT2D eigenvalue weighted by Crippen LogP contribution is 2.32. The molecule has 2 aromatic heterocycles. The summed E-state index contributed by atoms with van der Waals surface area (Å²) in [5.74, 6) is -0.181. The van der Waals surface area contributed by atoms with Gasteiger partial charge in [-0.1, -0.05) is 18.2 Å². The van der Waals surface area contributed by atoms with E-state index in [0.717, 1.165) is 16.3 Å². The molecule has 2 heterocycles. The summed E-state index contributed by atoms with van der Waals surface area (Å²) >= 11 is 0. The molecular weight excluding hydrogens is 368 g/mol. The topological polar surface area (TPSA) is 122 Å². The van der Waals surface area contributed by atoms with Crippen molar-refractivity contribution in [3.8, 4) is 0 Å². The minimum absolute atomic E-state index is 0.181. The molecule has 0 saturated carbocycles. The number of nitrogens with two attached hydrogens (primary N) is 1. The van der Waals surface area contributed by atoms with E-state index < -0.39 is 6.04 Å². The van der Waals surface area contributed by atoms with E-state index in [0.29, 0.717) is 17.8 Å². The van der Waals surface area contributed by atoms with Gasteiger partial charge in [0, 0.05) is 49.1 Å². The van der Waals surface area contributed by atoms with E-state index in [1.165, 1.54) is 0 Å². The molecule has 0 saturated heterocycles. The highest BCUT2D eigenvalue weighted by atomic mass is 16.2. The van der Waals surface area contributed by atoms with Gasteiger partial charge in [-0.2, -0.15) is 0 Å². The normalized spacial score (nSPS) is 11.7. The van der Waals surface area contributed by atoms with Crippen molar-refractivity contribution in [2.45, 2.75) is 19.4 Å². The van der Waals surface area contributed by atoms with Crippen molar-refractivity contribution in [3.05, 3.63) is 66.2 Å². The van der Waals surface area contributed by atoms with Gasteiger partial charge in [-0.3, -0.25) is 14.8 Å². The zero-order valence-electron chi connectivity index (χ0n) is 16.2. The molecule has 8 heteroatoms. The van der Waals surface area contributed by atoms with E-state index in [9.17, 15) is 9.59 Å². The number of anilines is 1. The maximum absolute atomic E-state index is 12.5. The molecule has 5 N–H and O–H groups in total. The molecule has 150 valence electrons. The standard InChI is InChI=1S/C21H24N6O2/c1-2-25-21(29)26-18-13-24-11-8-16(18)20(27-19(28)6-9-22)15-5-3-4-14-7-10-23-12-17(14)15/h3-5,7-8,10-13,20H,2,6,9,22H2,1H3,(H,27,28)(H2,25,26,29). The Bertz CT molecular complexity index is 1000. The van der Waals surface area contributed by atoms with Crippen molar-refractivity contribution in [1.82, 2.24) is 20.6 Å². The van der Waals surface area contributed by atoms with Crippen LogP contribution >= 0.6 is 0 Å². The zero-order valence-corrected chi connectivity index (χ0v) is 16.2. The van der Waals surface area contributed by atoms with Gasteiger partial charge >= 0.3 is 6.03 Å². The van der Waals surface area contributed by atoms with Gasteiger partial charge in [-0.25, -0.2) is 4.79 Å². The summed E-state index contributed by atoms with van der Waals surface area (Å²) in [4.78, 5) is 32.9. The van der Waals surface area contributed by atoms with Crippen LogP contribution in [0.25, 0.3) is 10.8 Å². The fraction of sp³-hybridized carbons (Fsp3) is 0.238. The molecule has 0 aliphatic carbocycles. The maximum atomic E-state index is 12.5. The number of pyridine rings is 2. The monoisotopic (exact) mass is 392 g/mol. The van der Waals surface area contributed by atoms with E-state index in [1.807, 2.05) is 31.2 Å². The molecule has 3 aromatic rings. The predicted molar refractivity (Wildman–Crippen MR) is 112 cm³/mol. The van der Waals surface area contributed by atoms with Crippen molar-refractivity contribution in [2.24, 2.45) is 5.73 Å². The summed E-state index contributed by atoms with van der Waals surface area (Å²) in [6, 6.07) is 8.70. The minimum Gasteiger partial charge on any atom is -0.345 e. The average Bonchev–Trinajstić information content (AvgIpc) is 2.73. The molecule has 1 atom stereocenters. The summed E-state index contributed by atoms with van der Waals surface area (Å²) in [5, 5.41) is 10.5. The highest BCUT2D eigenvalue weighted by molar-refractivity contribution is 5.91. The van der Waals surface area contributed by atoms with Crippen LogP contribution in [0.2, 0.25) is 0 Å². The van der Waals surface area contributed by atoms with Crippen molar-refractivity contribution in [3.63, 3.8) is 0 Å². The summed E-state index contributed by atoms with van der Waals surface area (Å²) in [6.45, 7) is 2.58. The Labute approximate surface area is 168 Å². The lowest BCUT2D eigenvalue weighted by molar-refractivity contribution is -0.121.